The number of unbranched alkanes of at least 4 members (excludes halogenated alkanes) is 4. The van der Waals surface area contributed by atoms with Crippen molar-refractivity contribution in [1.82, 2.24) is 0 Å². The van der Waals surface area contributed by atoms with E-state index in [0.29, 0.717) is 6.42 Å². The molecule has 0 heterocycles. The molecule has 0 aromatic rings. The van der Waals surface area contributed by atoms with Crippen LogP contribution in [-0.4, -0.2) is 22.4 Å². The maximum atomic E-state index is 9.06. The summed E-state index contributed by atoms with van der Waals surface area (Å²) in [7, 11) is 0. The van der Waals surface area contributed by atoms with Crippen LogP contribution < -0.4 is 0 Å². The van der Waals surface area contributed by atoms with Crippen LogP contribution in [-0.2, 0) is 0 Å². The third kappa shape index (κ3) is 21.5. The third-order valence-corrected chi connectivity index (χ3v) is 2.50. The molecule has 0 radical (unpaired) electrons. The zero-order valence-electron chi connectivity index (χ0n) is 12.0. The zero-order valence-corrected chi connectivity index (χ0v) is 12.0. The van der Waals surface area contributed by atoms with Gasteiger partial charge in [-0.2, -0.15) is 0 Å². The predicted molar refractivity (Wildman–Crippen MR) is 76.2 cm³/mol. The topological polar surface area (TPSA) is 40.5 Å². The fraction of sp³-hybridized carbons (Fsp3) is 0.867. The first-order valence-corrected chi connectivity index (χ1v) is 7.05. The maximum Gasteiger partial charge on any atom is 0.0564 e. The van der Waals surface area contributed by atoms with Crippen LogP contribution in [0.4, 0.5) is 0 Å². The van der Waals surface area contributed by atoms with Gasteiger partial charge in [-0.15, -0.1) is 6.58 Å². The molecule has 0 aliphatic heterocycles. The molecule has 2 heteroatoms. The second-order valence-electron chi connectivity index (χ2n) is 4.67. The van der Waals surface area contributed by atoms with Crippen molar-refractivity contribution in [3.63, 3.8) is 0 Å². The van der Waals surface area contributed by atoms with Gasteiger partial charge in [-0.3, -0.25) is 0 Å². The summed E-state index contributed by atoms with van der Waals surface area (Å²) in [5.74, 6) is 0. The van der Waals surface area contributed by atoms with E-state index in [0.717, 1.165) is 12.8 Å². The summed E-state index contributed by atoms with van der Waals surface area (Å²) in [6.45, 7) is 9.60. The molecule has 0 aliphatic rings. The van der Waals surface area contributed by atoms with E-state index in [1.54, 1.807) is 6.92 Å². The summed E-state index contributed by atoms with van der Waals surface area (Å²) < 4.78 is 0. The van der Waals surface area contributed by atoms with Crippen molar-refractivity contribution in [3.8, 4) is 0 Å². The average molecular weight is 244 g/mol. The smallest absolute Gasteiger partial charge is 0.0564 e. The van der Waals surface area contributed by atoms with Gasteiger partial charge in [-0.05, 0) is 32.6 Å². The molecule has 0 aromatic carbocycles. The number of allylic oxidation sites excluding steroid dienone is 1. The van der Waals surface area contributed by atoms with Crippen molar-refractivity contribution in [2.45, 2.75) is 84.3 Å². The van der Waals surface area contributed by atoms with Gasteiger partial charge < -0.3 is 10.2 Å². The lowest BCUT2D eigenvalue weighted by molar-refractivity contribution is 0.0848. The van der Waals surface area contributed by atoms with Crippen molar-refractivity contribution >= 4 is 0 Å². The van der Waals surface area contributed by atoms with E-state index < -0.39 is 0 Å². The van der Waals surface area contributed by atoms with Crippen LogP contribution in [0.15, 0.2) is 12.7 Å². The van der Waals surface area contributed by atoms with Gasteiger partial charge in [0.15, 0.2) is 0 Å². The molecule has 2 atom stereocenters. The van der Waals surface area contributed by atoms with Crippen LogP contribution in [0, 0.1) is 0 Å². The Balaban J connectivity index is 0. The number of aliphatic hydroxyl groups is 2. The van der Waals surface area contributed by atoms with E-state index in [-0.39, 0.29) is 12.2 Å². The number of rotatable bonds is 9. The van der Waals surface area contributed by atoms with E-state index in [2.05, 4.69) is 13.5 Å². The lowest BCUT2D eigenvalue weighted by atomic mass is 10.1. The molecule has 104 valence electrons. The first kappa shape index (κ1) is 19.0. The Bertz CT molecular complexity index is 144. The van der Waals surface area contributed by atoms with Gasteiger partial charge in [0.25, 0.3) is 0 Å². The van der Waals surface area contributed by atoms with Crippen molar-refractivity contribution < 1.29 is 10.2 Å². The van der Waals surface area contributed by atoms with E-state index in [1.807, 2.05) is 13.0 Å². The maximum absolute atomic E-state index is 9.06. The average Bonchev–Trinajstić information content (AvgIpc) is 2.25. The summed E-state index contributed by atoms with van der Waals surface area (Å²) in [5, 5.41) is 17.8. The van der Waals surface area contributed by atoms with Crippen molar-refractivity contribution in [2.24, 2.45) is 0 Å². The molecule has 0 saturated heterocycles. The third-order valence-electron chi connectivity index (χ3n) is 2.50. The van der Waals surface area contributed by atoms with Crippen LogP contribution in [0.25, 0.3) is 0 Å². The number of hydrogen-bond donors (Lipinski definition) is 2. The molecule has 0 rings (SSSR count). The first-order chi connectivity index (χ1) is 8.08. The van der Waals surface area contributed by atoms with Crippen molar-refractivity contribution in [2.75, 3.05) is 0 Å². The minimum absolute atomic E-state index is 0.310. The van der Waals surface area contributed by atoms with Gasteiger partial charge in [0.1, 0.15) is 0 Å². The Kier molecular flexibility index (Phi) is 17.5. The van der Waals surface area contributed by atoms with E-state index in [9.17, 15) is 0 Å². The van der Waals surface area contributed by atoms with Crippen LogP contribution in [0.1, 0.15) is 72.1 Å². The fourth-order valence-electron chi connectivity index (χ4n) is 1.56. The van der Waals surface area contributed by atoms with Crippen molar-refractivity contribution in [3.05, 3.63) is 12.7 Å². The highest BCUT2D eigenvalue weighted by Gasteiger charge is 2.05. The van der Waals surface area contributed by atoms with E-state index in [1.165, 1.54) is 32.1 Å². The minimum Gasteiger partial charge on any atom is -0.393 e. The number of aliphatic hydroxyl groups excluding tert-OH is 2. The normalized spacial score (nSPS) is 13.5. The lowest BCUT2D eigenvalue weighted by Gasteiger charge is -2.09. The van der Waals surface area contributed by atoms with Crippen molar-refractivity contribution in [1.29, 1.82) is 0 Å². The molecule has 0 aromatic heterocycles. The second-order valence-corrected chi connectivity index (χ2v) is 4.67. The highest BCUT2D eigenvalue weighted by atomic mass is 16.3. The molecule has 0 amide bonds. The summed E-state index contributed by atoms with van der Waals surface area (Å²) >= 11 is 0. The molecule has 2 nitrogen and oxygen atoms in total. The van der Waals surface area contributed by atoms with E-state index >= 15 is 0 Å². The Morgan fingerprint density at radius 3 is 2.12 bits per heavy atom. The monoisotopic (exact) mass is 244 g/mol. The molecular formula is C15H32O2. The summed E-state index contributed by atoms with van der Waals surface area (Å²) in [5.41, 5.74) is 0. The minimum atomic E-state index is -0.369. The molecule has 17 heavy (non-hydrogen) atoms. The predicted octanol–water partition coefficient (Wildman–Crippen LogP) is 4.06. The van der Waals surface area contributed by atoms with Gasteiger partial charge in [0.2, 0.25) is 0 Å². The van der Waals surface area contributed by atoms with Crippen LogP contribution in [0.3, 0.4) is 0 Å². The molecular weight excluding hydrogens is 212 g/mol. The molecule has 0 fully saturated rings. The number of hydrogen-bond acceptors (Lipinski definition) is 2. The fourth-order valence-corrected chi connectivity index (χ4v) is 1.56. The summed E-state index contributed by atoms with van der Waals surface area (Å²) in [6.07, 6.45) is 10.2. The second kappa shape index (κ2) is 15.7. The van der Waals surface area contributed by atoms with Gasteiger partial charge >= 0.3 is 0 Å². The Morgan fingerprint density at radius 1 is 1.06 bits per heavy atom. The SMILES string of the molecule is C=CCCCCCC.CCCC(O)CC(C)O. The highest BCUT2D eigenvalue weighted by molar-refractivity contribution is 4.65. The van der Waals surface area contributed by atoms with Crippen LogP contribution >= 0.6 is 0 Å². The Hall–Kier alpha value is -0.340. The molecule has 0 saturated carbocycles. The van der Waals surface area contributed by atoms with E-state index in [4.69, 9.17) is 10.2 Å². The molecule has 0 bridgehead atoms. The lowest BCUT2D eigenvalue weighted by Crippen LogP contribution is -2.13. The summed E-state index contributed by atoms with van der Waals surface area (Å²) in [4.78, 5) is 0. The highest BCUT2D eigenvalue weighted by Crippen LogP contribution is 2.03. The van der Waals surface area contributed by atoms with Gasteiger partial charge in [-0.1, -0.05) is 45.6 Å². The quantitative estimate of drug-likeness (QED) is 0.474. The Morgan fingerprint density at radius 2 is 1.71 bits per heavy atom. The summed E-state index contributed by atoms with van der Waals surface area (Å²) in [6, 6.07) is 0. The molecule has 0 spiro atoms. The van der Waals surface area contributed by atoms with Gasteiger partial charge in [-0.25, -0.2) is 0 Å². The first-order valence-electron chi connectivity index (χ1n) is 7.05. The van der Waals surface area contributed by atoms with Gasteiger partial charge in [0.05, 0.1) is 12.2 Å². The molecule has 2 unspecified atom stereocenters. The standard InChI is InChI=1S/C8H16.C7H16O2/c1-3-5-7-8-6-4-2;1-3-4-7(9)5-6(2)8/h3H,1,4-8H2,2H3;6-9H,3-5H2,1-2H3. The largest absolute Gasteiger partial charge is 0.393 e. The Labute approximate surface area is 108 Å². The van der Waals surface area contributed by atoms with Crippen LogP contribution in [0.5, 0.6) is 0 Å². The van der Waals surface area contributed by atoms with Crippen LogP contribution in [0.2, 0.25) is 0 Å². The van der Waals surface area contributed by atoms with Gasteiger partial charge in [0, 0.05) is 0 Å². The molecule has 0 aliphatic carbocycles. The zero-order chi connectivity index (χ0) is 13.5. The molecule has 2 N–H and O–H groups in total.